The van der Waals surface area contributed by atoms with Crippen molar-refractivity contribution in [3.05, 3.63) is 70.7 Å². The molecule has 0 unspecified atom stereocenters. The zero-order valence-corrected chi connectivity index (χ0v) is 16.4. The molecule has 0 aliphatic carbocycles. The lowest BCUT2D eigenvalue weighted by Crippen LogP contribution is -2.47. The highest BCUT2D eigenvalue weighted by Crippen LogP contribution is 2.09. The van der Waals surface area contributed by atoms with Crippen LogP contribution in [0.1, 0.15) is 22.3 Å². The molecule has 2 amide bonds. The predicted octanol–water partition coefficient (Wildman–Crippen LogP) is 2.19. The number of hydrogen-bond acceptors (Lipinski definition) is 4. The lowest BCUT2D eigenvalue weighted by molar-refractivity contribution is -0.123. The van der Waals surface area contributed by atoms with E-state index in [2.05, 4.69) is 10.6 Å². The third kappa shape index (κ3) is 7.40. The maximum Gasteiger partial charge on any atom is 0.251 e. The van der Waals surface area contributed by atoms with Gasteiger partial charge in [0.2, 0.25) is 5.91 Å². The number of amides is 2. The van der Waals surface area contributed by atoms with E-state index in [1.807, 2.05) is 0 Å². The van der Waals surface area contributed by atoms with Crippen LogP contribution in [0.3, 0.4) is 0 Å². The smallest absolute Gasteiger partial charge is 0.251 e. The molecule has 0 fully saturated rings. The van der Waals surface area contributed by atoms with Crippen molar-refractivity contribution in [3.8, 4) is 0 Å². The zero-order chi connectivity index (χ0) is 19.9. The van der Waals surface area contributed by atoms with Gasteiger partial charge in [0.15, 0.2) is 0 Å². The van der Waals surface area contributed by atoms with E-state index in [1.165, 1.54) is 0 Å². The molecule has 2 aromatic rings. The third-order valence-electron chi connectivity index (χ3n) is 3.82. The highest BCUT2D eigenvalue weighted by atomic mass is 35.5. The van der Waals surface area contributed by atoms with E-state index in [9.17, 15) is 18.0 Å². The van der Waals surface area contributed by atoms with Gasteiger partial charge >= 0.3 is 0 Å². The average Bonchev–Trinajstić information content (AvgIpc) is 2.64. The second kappa shape index (κ2) is 9.53. The lowest BCUT2D eigenvalue weighted by Gasteiger charge is -2.18. The Labute approximate surface area is 163 Å². The second-order valence-electron chi connectivity index (χ2n) is 6.15. The minimum absolute atomic E-state index is 0.0101. The van der Waals surface area contributed by atoms with E-state index >= 15 is 0 Å². The van der Waals surface area contributed by atoms with Crippen LogP contribution in [0, 0.1) is 0 Å². The van der Waals surface area contributed by atoms with Gasteiger partial charge in [-0.25, -0.2) is 8.42 Å². The Bertz CT molecular complexity index is 884. The minimum Gasteiger partial charge on any atom is -0.350 e. The fraction of sp³-hybridized carbons (Fsp3) is 0.263. The van der Waals surface area contributed by atoms with Crippen molar-refractivity contribution in [2.24, 2.45) is 0 Å². The second-order valence-corrected chi connectivity index (χ2v) is 8.85. The number of carbonyl (C=O) groups excluding carboxylic acids is 2. The predicted molar refractivity (Wildman–Crippen MR) is 105 cm³/mol. The number of rotatable bonds is 8. The molecule has 1 atom stereocenters. The molecular weight excluding hydrogens is 388 g/mol. The van der Waals surface area contributed by atoms with Crippen molar-refractivity contribution in [2.75, 3.05) is 12.0 Å². The molecule has 0 spiro atoms. The van der Waals surface area contributed by atoms with Crippen LogP contribution in [0.2, 0.25) is 5.02 Å². The molecule has 8 heteroatoms. The topological polar surface area (TPSA) is 92.3 Å². The number of halogens is 1. The summed E-state index contributed by atoms with van der Waals surface area (Å²) in [4.78, 5) is 24.9. The first-order chi connectivity index (χ1) is 12.7. The van der Waals surface area contributed by atoms with Crippen LogP contribution < -0.4 is 10.6 Å². The van der Waals surface area contributed by atoms with Gasteiger partial charge in [0.05, 0.1) is 5.75 Å². The van der Waals surface area contributed by atoms with E-state index in [4.69, 9.17) is 11.6 Å². The fourth-order valence-corrected chi connectivity index (χ4v) is 3.14. The molecule has 144 valence electrons. The molecule has 2 rings (SSSR count). The standard InChI is InChI=1S/C19H21ClN2O4S/c1-27(25,26)12-11-17(22-18(23)15-5-3-2-4-6-15)19(24)21-13-14-7-9-16(20)10-8-14/h2-10,17H,11-13H2,1H3,(H,21,24)(H,22,23)/t17-/m1/s1. The number of sulfone groups is 1. The summed E-state index contributed by atoms with van der Waals surface area (Å²) >= 11 is 5.83. The van der Waals surface area contributed by atoms with Crippen LogP contribution in [0.5, 0.6) is 0 Å². The molecule has 0 heterocycles. The van der Waals surface area contributed by atoms with Gasteiger partial charge in [0.25, 0.3) is 5.91 Å². The maximum atomic E-state index is 12.5. The van der Waals surface area contributed by atoms with Crippen LogP contribution in [0.25, 0.3) is 0 Å². The number of benzene rings is 2. The quantitative estimate of drug-likeness (QED) is 0.700. The first-order valence-corrected chi connectivity index (χ1v) is 10.7. The monoisotopic (exact) mass is 408 g/mol. The van der Waals surface area contributed by atoms with E-state index in [1.54, 1.807) is 54.6 Å². The fourth-order valence-electron chi connectivity index (χ4n) is 2.35. The van der Waals surface area contributed by atoms with Gasteiger partial charge in [0, 0.05) is 23.4 Å². The van der Waals surface area contributed by atoms with Gasteiger partial charge in [-0.2, -0.15) is 0 Å². The first kappa shape index (κ1) is 20.9. The molecule has 2 N–H and O–H groups in total. The van der Waals surface area contributed by atoms with Crippen molar-refractivity contribution in [1.82, 2.24) is 10.6 Å². The van der Waals surface area contributed by atoms with Crippen LogP contribution in [0.15, 0.2) is 54.6 Å². The molecule has 0 saturated heterocycles. The average molecular weight is 409 g/mol. The van der Waals surface area contributed by atoms with Crippen LogP contribution in [0.4, 0.5) is 0 Å². The molecular formula is C19H21ClN2O4S. The third-order valence-corrected chi connectivity index (χ3v) is 5.04. The number of nitrogens with one attached hydrogen (secondary N) is 2. The Balaban J connectivity index is 2.04. The molecule has 27 heavy (non-hydrogen) atoms. The molecule has 0 aliphatic rings. The highest BCUT2D eigenvalue weighted by molar-refractivity contribution is 7.90. The van der Waals surface area contributed by atoms with Crippen molar-refractivity contribution in [1.29, 1.82) is 0 Å². The summed E-state index contributed by atoms with van der Waals surface area (Å²) in [6.45, 7) is 0.243. The lowest BCUT2D eigenvalue weighted by atomic mass is 10.1. The SMILES string of the molecule is CS(=O)(=O)CC[C@@H](NC(=O)c1ccccc1)C(=O)NCc1ccc(Cl)cc1. The number of carbonyl (C=O) groups is 2. The maximum absolute atomic E-state index is 12.5. The summed E-state index contributed by atoms with van der Waals surface area (Å²) in [6, 6.07) is 14.4. The van der Waals surface area contributed by atoms with Crippen LogP contribution in [-0.2, 0) is 21.2 Å². The van der Waals surface area contributed by atoms with Gasteiger partial charge in [-0.1, -0.05) is 41.9 Å². The molecule has 2 aromatic carbocycles. The summed E-state index contributed by atoms with van der Waals surface area (Å²) in [7, 11) is -3.27. The van der Waals surface area contributed by atoms with Crippen LogP contribution in [-0.4, -0.2) is 38.3 Å². The largest absolute Gasteiger partial charge is 0.350 e. The summed E-state index contributed by atoms with van der Waals surface area (Å²) in [5, 5.41) is 5.92. The Morgan fingerprint density at radius 1 is 1.04 bits per heavy atom. The highest BCUT2D eigenvalue weighted by Gasteiger charge is 2.22. The van der Waals surface area contributed by atoms with Crippen molar-refractivity contribution in [2.45, 2.75) is 19.0 Å². The summed E-state index contributed by atoms with van der Waals surface area (Å²) < 4.78 is 22.9. The normalized spacial score (nSPS) is 12.2. The van der Waals surface area contributed by atoms with E-state index < -0.39 is 27.7 Å². The Morgan fingerprint density at radius 2 is 1.67 bits per heavy atom. The van der Waals surface area contributed by atoms with Gasteiger partial charge in [-0.3, -0.25) is 9.59 Å². The molecule has 0 radical (unpaired) electrons. The van der Waals surface area contributed by atoms with Crippen molar-refractivity contribution < 1.29 is 18.0 Å². The minimum atomic E-state index is -3.27. The molecule has 0 aliphatic heterocycles. The van der Waals surface area contributed by atoms with Crippen molar-refractivity contribution in [3.63, 3.8) is 0 Å². The Morgan fingerprint density at radius 3 is 2.26 bits per heavy atom. The molecule has 0 saturated carbocycles. The molecule has 0 bridgehead atoms. The Hall–Kier alpha value is -2.38. The van der Waals surface area contributed by atoms with Gasteiger partial charge in [0.1, 0.15) is 15.9 Å². The van der Waals surface area contributed by atoms with E-state index in [-0.39, 0.29) is 18.7 Å². The van der Waals surface area contributed by atoms with Crippen LogP contribution >= 0.6 is 11.6 Å². The van der Waals surface area contributed by atoms with Crippen molar-refractivity contribution >= 4 is 33.3 Å². The van der Waals surface area contributed by atoms with Gasteiger partial charge in [-0.05, 0) is 36.2 Å². The summed E-state index contributed by atoms with van der Waals surface area (Å²) in [5.41, 5.74) is 1.23. The number of hydrogen-bond donors (Lipinski definition) is 2. The Kier molecular flexibility index (Phi) is 7.38. The van der Waals surface area contributed by atoms with E-state index in [0.29, 0.717) is 10.6 Å². The molecule has 6 nitrogen and oxygen atoms in total. The summed E-state index contributed by atoms with van der Waals surface area (Å²) in [6.07, 6.45) is 1.08. The van der Waals surface area contributed by atoms with Gasteiger partial charge < -0.3 is 10.6 Å². The first-order valence-electron chi connectivity index (χ1n) is 8.30. The van der Waals surface area contributed by atoms with Gasteiger partial charge in [-0.15, -0.1) is 0 Å². The molecule has 0 aromatic heterocycles. The summed E-state index contributed by atoms with van der Waals surface area (Å²) in [5.74, 6) is -1.09. The zero-order valence-electron chi connectivity index (χ0n) is 14.8. The van der Waals surface area contributed by atoms with E-state index in [0.717, 1.165) is 11.8 Å².